The third-order valence-corrected chi connectivity index (χ3v) is 6.31. The zero-order valence-electron chi connectivity index (χ0n) is 14.8. The van der Waals surface area contributed by atoms with Crippen molar-refractivity contribution < 1.29 is 13.2 Å². The molecule has 2 heterocycles. The Labute approximate surface area is 158 Å². The summed E-state index contributed by atoms with van der Waals surface area (Å²) in [5.74, 6) is 0.140. The quantitative estimate of drug-likeness (QED) is 0.844. The first-order valence-electron chi connectivity index (χ1n) is 8.71. The van der Waals surface area contributed by atoms with Gasteiger partial charge in [-0.1, -0.05) is 12.8 Å². The van der Waals surface area contributed by atoms with Crippen LogP contribution in [0.4, 0.5) is 10.8 Å². The molecule has 1 aliphatic rings. The van der Waals surface area contributed by atoms with Gasteiger partial charge in [0.15, 0.2) is 15.0 Å². The summed E-state index contributed by atoms with van der Waals surface area (Å²) in [5, 5.41) is 5.74. The molecule has 1 aromatic carbocycles. The lowest BCUT2D eigenvalue weighted by atomic mass is 10.2. The number of nitrogens with one attached hydrogen (secondary N) is 1. The van der Waals surface area contributed by atoms with E-state index in [4.69, 9.17) is 0 Å². The number of carbonyl (C=O) groups excluding carboxylic acids is 1. The minimum atomic E-state index is -3.20. The molecule has 0 spiro atoms. The van der Waals surface area contributed by atoms with Gasteiger partial charge in [-0.3, -0.25) is 4.79 Å². The second-order valence-corrected chi connectivity index (χ2v) is 9.41. The Morgan fingerprint density at radius 1 is 1.15 bits per heavy atom. The lowest BCUT2D eigenvalue weighted by Crippen LogP contribution is -2.33. The van der Waals surface area contributed by atoms with Crippen molar-refractivity contribution in [2.24, 2.45) is 0 Å². The first-order chi connectivity index (χ1) is 12.4. The van der Waals surface area contributed by atoms with E-state index in [1.54, 1.807) is 24.3 Å². The summed E-state index contributed by atoms with van der Waals surface area (Å²) in [4.78, 5) is 19.1. The van der Waals surface area contributed by atoms with E-state index < -0.39 is 9.84 Å². The Kier molecular flexibility index (Phi) is 5.93. The van der Waals surface area contributed by atoms with E-state index in [1.165, 1.54) is 30.4 Å². The van der Waals surface area contributed by atoms with Crippen LogP contribution in [0.3, 0.4) is 0 Å². The summed E-state index contributed by atoms with van der Waals surface area (Å²) in [7, 11) is -3.20. The minimum Gasteiger partial charge on any atom is -0.342 e. The van der Waals surface area contributed by atoms with E-state index in [1.807, 2.05) is 10.3 Å². The molecule has 1 saturated heterocycles. The Hall–Kier alpha value is -1.93. The van der Waals surface area contributed by atoms with Crippen molar-refractivity contribution in [3.8, 4) is 0 Å². The van der Waals surface area contributed by atoms with Gasteiger partial charge in [0, 0.05) is 30.4 Å². The molecule has 0 atom stereocenters. The molecule has 0 unspecified atom stereocenters. The summed E-state index contributed by atoms with van der Waals surface area (Å²) in [5.41, 5.74) is 1.52. The predicted octanol–water partition coefficient (Wildman–Crippen LogP) is 3.24. The molecule has 6 nitrogen and oxygen atoms in total. The van der Waals surface area contributed by atoms with Gasteiger partial charge in [-0.15, -0.1) is 11.3 Å². The summed E-state index contributed by atoms with van der Waals surface area (Å²) >= 11 is 1.44. The normalized spacial score (nSPS) is 15.5. The maximum Gasteiger partial charge on any atom is 0.228 e. The molecule has 26 heavy (non-hydrogen) atoms. The van der Waals surface area contributed by atoms with E-state index in [9.17, 15) is 13.2 Å². The highest BCUT2D eigenvalue weighted by atomic mass is 32.2. The fourth-order valence-electron chi connectivity index (χ4n) is 2.94. The van der Waals surface area contributed by atoms with Gasteiger partial charge in [-0.25, -0.2) is 13.4 Å². The number of hydrogen-bond acceptors (Lipinski definition) is 6. The largest absolute Gasteiger partial charge is 0.342 e. The lowest BCUT2D eigenvalue weighted by Gasteiger charge is -2.19. The number of benzene rings is 1. The summed E-state index contributed by atoms with van der Waals surface area (Å²) < 4.78 is 23.0. The molecule has 8 heteroatoms. The number of amides is 1. The molecule has 1 N–H and O–H groups in total. The summed E-state index contributed by atoms with van der Waals surface area (Å²) in [6, 6.07) is 6.55. The molecular weight excluding hydrogens is 370 g/mol. The van der Waals surface area contributed by atoms with Gasteiger partial charge in [0.1, 0.15) is 0 Å². The van der Waals surface area contributed by atoms with Crippen LogP contribution in [0.2, 0.25) is 0 Å². The van der Waals surface area contributed by atoms with Gasteiger partial charge in [0.25, 0.3) is 0 Å². The summed E-state index contributed by atoms with van der Waals surface area (Å²) in [6.07, 6.45) is 6.08. The highest BCUT2D eigenvalue weighted by Crippen LogP contribution is 2.23. The fraction of sp³-hybridized carbons (Fsp3) is 0.444. The molecule has 2 aromatic rings. The highest BCUT2D eigenvalue weighted by molar-refractivity contribution is 7.90. The molecule has 1 aliphatic heterocycles. The number of rotatable bonds is 5. The van der Waals surface area contributed by atoms with Crippen LogP contribution in [0.15, 0.2) is 34.5 Å². The second-order valence-electron chi connectivity index (χ2n) is 6.54. The minimum absolute atomic E-state index is 0.140. The number of thiazole rings is 1. The Bertz CT molecular complexity index is 852. The molecular formula is C18H23N3O3S2. The molecule has 0 bridgehead atoms. The van der Waals surface area contributed by atoms with Gasteiger partial charge in [-0.2, -0.15) is 0 Å². The smallest absolute Gasteiger partial charge is 0.228 e. The second kappa shape index (κ2) is 8.18. The van der Waals surface area contributed by atoms with Crippen LogP contribution in [0.1, 0.15) is 31.4 Å². The monoisotopic (exact) mass is 393 g/mol. The summed E-state index contributed by atoms with van der Waals surface area (Å²) in [6.45, 7) is 1.70. The van der Waals surface area contributed by atoms with Crippen molar-refractivity contribution in [2.75, 3.05) is 24.7 Å². The number of hydrogen-bond donors (Lipinski definition) is 1. The zero-order valence-corrected chi connectivity index (χ0v) is 16.4. The Morgan fingerprint density at radius 3 is 2.42 bits per heavy atom. The van der Waals surface area contributed by atoms with Crippen molar-refractivity contribution in [2.45, 2.75) is 37.0 Å². The van der Waals surface area contributed by atoms with Crippen LogP contribution in [0.5, 0.6) is 0 Å². The molecule has 1 fully saturated rings. The van der Waals surface area contributed by atoms with Crippen LogP contribution < -0.4 is 5.32 Å². The predicted molar refractivity (Wildman–Crippen MR) is 104 cm³/mol. The molecule has 0 radical (unpaired) electrons. The van der Waals surface area contributed by atoms with Crippen molar-refractivity contribution in [1.82, 2.24) is 9.88 Å². The van der Waals surface area contributed by atoms with Crippen molar-refractivity contribution >= 4 is 37.9 Å². The average Bonchev–Trinajstić information content (AvgIpc) is 2.85. The van der Waals surface area contributed by atoms with Crippen LogP contribution in [0, 0.1) is 0 Å². The van der Waals surface area contributed by atoms with Crippen LogP contribution in [-0.2, 0) is 21.1 Å². The Morgan fingerprint density at radius 2 is 1.81 bits per heavy atom. The number of sulfone groups is 1. The van der Waals surface area contributed by atoms with E-state index in [2.05, 4.69) is 10.3 Å². The molecule has 3 rings (SSSR count). The van der Waals surface area contributed by atoms with Gasteiger partial charge >= 0.3 is 0 Å². The number of nitrogens with zero attached hydrogens (tertiary/aromatic N) is 2. The average molecular weight is 394 g/mol. The molecule has 0 saturated carbocycles. The van der Waals surface area contributed by atoms with Gasteiger partial charge in [-0.05, 0) is 37.1 Å². The number of carbonyl (C=O) groups is 1. The molecule has 1 amide bonds. The first kappa shape index (κ1) is 18.8. The first-order valence-corrected chi connectivity index (χ1v) is 11.5. The number of likely N-dealkylation sites (tertiary alicyclic amines) is 1. The molecule has 140 valence electrons. The maximum absolute atomic E-state index is 12.4. The lowest BCUT2D eigenvalue weighted by molar-refractivity contribution is -0.130. The van der Waals surface area contributed by atoms with Gasteiger partial charge in [0.2, 0.25) is 5.91 Å². The highest BCUT2D eigenvalue weighted by Gasteiger charge is 2.17. The third-order valence-electron chi connectivity index (χ3n) is 4.38. The third kappa shape index (κ3) is 5.04. The van der Waals surface area contributed by atoms with Crippen molar-refractivity contribution in [3.63, 3.8) is 0 Å². The molecule has 1 aromatic heterocycles. The van der Waals surface area contributed by atoms with Crippen LogP contribution in [0.25, 0.3) is 0 Å². The topological polar surface area (TPSA) is 79.4 Å². The Balaban J connectivity index is 1.60. The van der Waals surface area contributed by atoms with Gasteiger partial charge < -0.3 is 10.2 Å². The van der Waals surface area contributed by atoms with Crippen molar-refractivity contribution in [3.05, 3.63) is 35.3 Å². The zero-order chi connectivity index (χ0) is 18.6. The van der Waals surface area contributed by atoms with Crippen LogP contribution in [-0.4, -0.2) is 43.6 Å². The van der Waals surface area contributed by atoms with E-state index in [0.29, 0.717) is 11.6 Å². The number of anilines is 2. The molecule has 0 aliphatic carbocycles. The van der Waals surface area contributed by atoms with E-state index in [-0.39, 0.29) is 10.8 Å². The standard InChI is InChI=1S/C18H23N3O3S2/c1-26(23,24)16-8-6-14(7-9-16)19-18-20-15(13-25-18)12-17(22)21-10-4-2-3-5-11-21/h6-9,13H,2-5,10-12H2,1H3,(H,19,20). The fourth-order valence-corrected chi connectivity index (χ4v) is 4.30. The maximum atomic E-state index is 12.4. The van der Waals surface area contributed by atoms with E-state index >= 15 is 0 Å². The van der Waals surface area contributed by atoms with Gasteiger partial charge in [0.05, 0.1) is 17.0 Å². The van der Waals surface area contributed by atoms with Crippen LogP contribution >= 0.6 is 11.3 Å². The van der Waals surface area contributed by atoms with E-state index in [0.717, 1.165) is 37.3 Å². The SMILES string of the molecule is CS(=O)(=O)c1ccc(Nc2nc(CC(=O)N3CCCCCC3)cs2)cc1. The number of aromatic nitrogens is 1. The van der Waals surface area contributed by atoms with Crippen molar-refractivity contribution in [1.29, 1.82) is 0 Å².